The van der Waals surface area contributed by atoms with E-state index in [1.54, 1.807) is 24.3 Å². The number of ether oxygens (including phenoxy) is 1. The smallest absolute Gasteiger partial charge is 0.379 e. The van der Waals surface area contributed by atoms with Gasteiger partial charge in [0.1, 0.15) is 11.5 Å². The summed E-state index contributed by atoms with van der Waals surface area (Å²) in [6.45, 7) is 3.79. The van der Waals surface area contributed by atoms with Crippen molar-refractivity contribution in [3.63, 3.8) is 0 Å². The van der Waals surface area contributed by atoms with Crippen molar-refractivity contribution in [2.45, 2.75) is 33.1 Å². The Kier molecular flexibility index (Phi) is 6.50. The fourth-order valence-corrected chi connectivity index (χ4v) is 4.36. The number of nitrogens with zero attached hydrogens (tertiary/aromatic N) is 1. The number of nitrogens with one attached hydrogen (secondary N) is 1. The van der Waals surface area contributed by atoms with Gasteiger partial charge in [0.2, 0.25) is 5.76 Å². The number of amides is 1. The van der Waals surface area contributed by atoms with E-state index in [1.165, 1.54) is 0 Å². The average molecular weight is 479 g/mol. The Hall–Kier alpha value is -4.45. The van der Waals surface area contributed by atoms with Crippen LogP contribution in [-0.2, 0) is 6.42 Å². The highest BCUT2D eigenvalue weighted by molar-refractivity contribution is 6.06. The number of hydrazone groups is 1. The third-order valence-electron chi connectivity index (χ3n) is 6.29. The number of fused-ring (bicyclic) bond motifs is 1. The number of rotatable bonds is 5. The number of esters is 1. The van der Waals surface area contributed by atoms with Gasteiger partial charge in [0, 0.05) is 23.1 Å². The van der Waals surface area contributed by atoms with E-state index in [-0.39, 0.29) is 11.7 Å². The van der Waals surface area contributed by atoms with Crippen LogP contribution in [0.25, 0.3) is 11.1 Å². The first-order chi connectivity index (χ1) is 17.5. The number of carbonyl (C=O) groups excluding carboxylic acids is 2. The van der Waals surface area contributed by atoms with Gasteiger partial charge in [-0.2, -0.15) is 5.10 Å². The molecule has 0 aliphatic heterocycles. The van der Waals surface area contributed by atoms with Gasteiger partial charge in [-0.3, -0.25) is 4.79 Å². The molecule has 0 saturated carbocycles. The predicted octanol–water partition coefficient (Wildman–Crippen LogP) is 6.25. The number of hydrogen-bond donors (Lipinski definition) is 1. The van der Waals surface area contributed by atoms with Crippen molar-refractivity contribution < 1.29 is 18.7 Å². The Morgan fingerprint density at radius 2 is 1.56 bits per heavy atom. The zero-order valence-corrected chi connectivity index (χ0v) is 20.2. The third kappa shape index (κ3) is 4.84. The zero-order chi connectivity index (χ0) is 25.1. The second-order valence-electron chi connectivity index (χ2n) is 8.85. The Labute approximate surface area is 209 Å². The monoisotopic (exact) mass is 478 g/mol. The molecule has 1 N–H and O–H groups in total. The van der Waals surface area contributed by atoms with Gasteiger partial charge in [-0.25, -0.2) is 10.2 Å². The normalized spacial score (nSPS) is 13.8. The van der Waals surface area contributed by atoms with Crippen molar-refractivity contribution in [3.05, 3.63) is 113 Å². The molecule has 0 bridgehead atoms. The molecular formula is C30H26N2O4. The standard InChI is InChI=1S/C30H26N2O4/c1-19-11-17-24(18-12-19)35-30(34)28-20(2)27-25(9-6-10-26(27)36-28)31-32-29(33)23-15-13-22(14-16-23)21-7-4-3-5-8-21/h3-5,7-8,11-18H,6,9-10H2,1-2H3,(H,32,33)/b31-25+. The van der Waals surface area contributed by atoms with Crippen LogP contribution in [0.1, 0.15) is 56.2 Å². The highest BCUT2D eigenvalue weighted by Gasteiger charge is 2.29. The molecule has 0 atom stereocenters. The highest BCUT2D eigenvalue weighted by atomic mass is 16.5. The van der Waals surface area contributed by atoms with Gasteiger partial charge in [0.15, 0.2) is 0 Å². The maximum Gasteiger partial charge on any atom is 0.379 e. The predicted molar refractivity (Wildman–Crippen MR) is 138 cm³/mol. The van der Waals surface area contributed by atoms with Gasteiger partial charge < -0.3 is 9.15 Å². The molecule has 3 aromatic carbocycles. The van der Waals surface area contributed by atoms with Crippen molar-refractivity contribution in [2.75, 3.05) is 0 Å². The fourth-order valence-electron chi connectivity index (χ4n) is 4.36. The first-order valence-corrected chi connectivity index (χ1v) is 11.9. The molecule has 5 rings (SSSR count). The summed E-state index contributed by atoms with van der Waals surface area (Å²) in [6, 6.07) is 24.7. The summed E-state index contributed by atoms with van der Waals surface area (Å²) in [5.74, 6) is 0.466. The van der Waals surface area contributed by atoms with Crippen LogP contribution >= 0.6 is 0 Å². The number of furan rings is 1. The van der Waals surface area contributed by atoms with E-state index in [2.05, 4.69) is 10.5 Å². The first kappa shape index (κ1) is 23.3. The van der Waals surface area contributed by atoms with Crippen LogP contribution in [-0.4, -0.2) is 17.6 Å². The van der Waals surface area contributed by atoms with Crippen LogP contribution in [0, 0.1) is 13.8 Å². The Morgan fingerprint density at radius 1 is 0.861 bits per heavy atom. The van der Waals surface area contributed by atoms with E-state index in [0.717, 1.165) is 28.7 Å². The lowest BCUT2D eigenvalue weighted by Crippen LogP contribution is -2.22. The molecule has 1 aliphatic rings. The first-order valence-electron chi connectivity index (χ1n) is 11.9. The van der Waals surface area contributed by atoms with Gasteiger partial charge in [0.25, 0.3) is 5.91 Å². The summed E-state index contributed by atoms with van der Waals surface area (Å²) >= 11 is 0. The minimum Gasteiger partial charge on any atom is -0.453 e. The van der Waals surface area contributed by atoms with E-state index in [9.17, 15) is 9.59 Å². The van der Waals surface area contributed by atoms with Crippen molar-refractivity contribution in [1.82, 2.24) is 5.43 Å². The largest absolute Gasteiger partial charge is 0.453 e. The number of hydrogen-bond acceptors (Lipinski definition) is 5. The van der Waals surface area contributed by atoms with Crippen LogP contribution in [0.3, 0.4) is 0 Å². The zero-order valence-electron chi connectivity index (χ0n) is 20.2. The van der Waals surface area contributed by atoms with Gasteiger partial charge in [-0.15, -0.1) is 0 Å². The maximum atomic E-state index is 12.8. The van der Waals surface area contributed by atoms with Crippen LogP contribution in [0.5, 0.6) is 5.75 Å². The van der Waals surface area contributed by atoms with E-state index >= 15 is 0 Å². The van der Waals surface area contributed by atoms with Crippen LogP contribution in [0.2, 0.25) is 0 Å². The van der Waals surface area contributed by atoms with Gasteiger partial charge in [-0.05, 0) is 62.1 Å². The summed E-state index contributed by atoms with van der Waals surface area (Å²) in [5, 5.41) is 4.41. The van der Waals surface area contributed by atoms with E-state index < -0.39 is 5.97 Å². The summed E-state index contributed by atoms with van der Waals surface area (Å²) in [5.41, 5.74) is 8.53. The van der Waals surface area contributed by atoms with E-state index in [4.69, 9.17) is 9.15 Å². The van der Waals surface area contributed by atoms with Crippen molar-refractivity contribution in [1.29, 1.82) is 0 Å². The topological polar surface area (TPSA) is 80.9 Å². The van der Waals surface area contributed by atoms with Crippen molar-refractivity contribution in [3.8, 4) is 16.9 Å². The Morgan fingerprint density at radius 3 is 2.28 bits per heavy atom. The third-order valence-corrected chi connectivity index (χ3v) is 6.29. The summed E-state index contributed by atoms with van der Waals surface area (Å²) < 4.78 is 11.4. The molecule has 36 heavy (non-hydrogen) atoms. The maximum absolute atomic E-state index is 12.8. The molecule has 0 unspecified atom stereocenters. The summed E-state index contributed by atoms with van der Waals surface area (Å²) in [6.07, 6.45) is 2.18. The molecule has 0 radical (unpaired) electrons. The second-order valence-corrected chi connectivity index (χ2v) is 8.85. The van der Waals surface area contributed by atoms with Crippen molar-refractivity contribution >= 4 is 17.6 Å². The average Bonchev–Trinajstić information content (AvgIpc) is 3.26. The molecule has 180 valence electrons. The van der Waals surface area contributed by atoms with E-state index in [0.29, 0.717) is 41.2 Å². The molecule has 1 aliphatic carbocycles. The molecule has 1 heterocycles. The molecule has 1 amide bonds. The number of benzene rings is 3. The second kappa shape index (κ2) is 10.0. The molecule has 0 saturated heterocycles. The fraction of sp³-hybridized carbons (Fsp3) is 0.167. The molecular weight excluding hydrogens is 452 g/mol. The Balaban J connectivity index is 1.32. The minimum absolute atomic E-state index is 0.165. The van der Waals surface area contributed by atoms with Gasteiger partial charge >= 0.3 is 5.97 Å². The molecule has 6 nitrogen and oxygen atoms in total. The molecule has 1 aromatic heterocycles. The quantitative estimate of drug-likeness (QED) is 0.209. The molecule has 6 heteroatoms. The van der Waals surface area contributed by atoms with Crippen LogP contribution in [0.15, 0.2) is 88.4 Å². The molecule has 4 aromatic rings. The summed E-state index contributed by atoms with van der Waals surface area (Å²) in [7, 11) is 0. The van der Waals surface area contributed by atoms with E-state index in [1.807, 2.05) is 68.4 Å². The minimum atomic E-state index is -0.548. The summed E-state index contributed by atoms with van der Waals surface area (Å²) in [4.78, 5) is 25.6. The lowest BCUT2D eigenvalue weighted by atomic mass is 9.93. The Bertz CT molecular complexity index is 1430. The van der Waals surface area contributed by atoms with Gasteiger partial charge in [-0.1, -0.05) is 60.2 Å². The van der Waals surface area contributed by atoms with Gasteiger partial charge in [0.05, 0.1) is 5.71 Å². The number of carbonyl (C=O) groups is 2. The molecule has 0 spiro atoms. The van der Waals surface area contributed by atoms with Crippen LogP contribution in [0.4, 0.5) is 0 Å². The highest BCUT2D eigenvalue weighted by Crippen LogP contribution is 2.30. The van der Waals surface area contributed by atoms with Crippen molar-refractivity contribution in [2.24, 2.45) is 5.10 Å². The lowest BCUT2D eigenvalue weighted by Gasteiger charge is -2.13. The molecule has 0 fully saturated rings. The van der Waals surface area contributed by atoms with Crippen LogP contribution < -0.4 is 10.2 Å². The number of aryl methyl sites for hydroxylation is 2. The SMILES string of the molecule is Cc1ccc(OC(=O)c2oc3c(c2C)/C(=N/NC(=O)c2ccc(-c4ccccc4)cc2)CCC3)cc1. The lowest BCUT2D eigenvalue weighted by molar-refractivity contribution is 0.0698.